The normalized spacial score (nSPS) is 17.7. The second kappa shape index (κ2) is 8.94. The Bertz CT molecular complexity index is 1360. The fraction of sp³-hybridized carbons (Fsp3) is 0.296. The summed E-state index contributed by atoms with van der Waals surface area (Å²) in [5.41, 5.74) is 11.4. The summed E-state index contributed by atoms with van der Waals surface area (Å²) in [5, 5.41) is 0.837. The van der Waals surface area contributed by atoms with Gasteiger partial charge in [-0.25, -0.2) is 0 Å². The predicted molar refractivity (Wildman–Crippen MR) is 133 cm³/mol. The van der Waals surface area contributed by atoms with Crippen molar-refractivity contribution < 1.29 is 18.8 Å². The molecular formula is C27H28N4O4. The van der Waals surface area contributed by atoms with Crippen molar-refractivity contribution in [2.45, 2.75) is 25.4 Å². The minimum Gasteiger partial charge on any atom is -0.451 e. The fourth-order valence-electron chi connectivity index (χ4n) is 4.93. The molecule has 0 bridgehead atoms. The highest BCUT2D eigenvalue weighted by Gasteiger charge is 2.35. The summed E-state index contributed by atoms with van der Waals surface area (Å²) in [7, 11) is 3.37. The van der Waals surface area contributed by atoms with E-state index in [1.54, 1.807) is 25.1 Å². The van der Waals surface area contributed by atoms with E-state index in [0.29, 0.717) is 43.1 Å². The zero-order valence-corrected chi connectivity index (χ0v) is 19.9. The monoisotopic (exact) mass is 472 g/mol. The average Bonchev–Trinajstić information content (AvgIpc) is 3.30. The van der Waals surface area contributed by atoms with E-state index in [-0.39, 0.29) is 11.8 Å². The highest BCUT2D eigenvalue weighted by atomic mass is 16.3. The van der Waals surface area contributed by atoms with Crippen LogP contribution in [0.15, 0.2) is 53.0 Å². The number of nitrogens with zero attached hydrogens (tertiary/aromatic N) is 3. The van der Waals surface area contributed by atoms with Crippen molar-refractivity contribution in [3.8, 4) is 0 Å². The van der Waals surface area contributed by atoms with Crippen molar-refractivity contribution in [3.63, 3.8) is 0 Å². The Kier molecular flexibility index (Phi) is 5.80. The highest BCUT2D eigenvalue weighted by Crippen LogP contribution is 2.30. The largest absolute Gasteiger partial charge is 0.451 e. The van der Waals surface area contributed by atoms with E-state index >= 15 is 0 Å². The number of carbonyl (C=O) groups excluding carboxylic acids is 3. The quantitative estimate of drug-likeness (QED) is 0.465. The molecule has 0 saturated heterocycles. The lowest BCUT2D eigenvalue weighted by Gasteiger charge is -2.38. The third-order valence-corrected chi connectivity index (χ3v) is 6.85. The van der Waals surface area contributed by atoms with Gasteiger partial charge in [-0.05, 0) is 52.9 Å². The molecule has 1 aromatic heterocycles. The SMILES string of the molecule is CN(C)C(=O)c1cc2cc(C3=CCCN(C(=O)C4Cc5c(N)cccc5CN4C=O)C3)ccc2o1. The fourth-order valence-corrected chi connectivity index (χ4v) is 4.93. The molecule has 3 heterocycles. The highest BCUT2D eigenvalue weighted by molar-refractivity contribution is 5.96. The molecule has 1 atom stereocenters. The first-order valence-corrected chi connectivity index (χ1v) is 11.7. The van der Waals surface area contributed by atoms with E-state index in [1.807, 2.05) is 41.3 Å². The number of fused-ring (bicyclic) bond motifs is 2. The molecule has 8 heteroatoms. The molecule has 0 aliphatic carbocycles. The van der Waals surface area contributed by atoms with Crippen LogP contribution in [-0.2, 0) is 22.6 Å². The number of furan rings is 1. The van der Waals surface area contributed by atoms with Gasteiger partial charge in [0.2, 0.25) is 12.3 Å². The van der Waals surface area contributed by atoms with E-state index in [2.05, 4.69) is 6.08 Å². The smallest absolute Gasteiger partial charge is 0.289 e. The van der Waals surface area contributed by atoms with Crippen molar-refractivity contribution in [3.05, 3.63) is 71.0 Å². The van der Waals surface area contributed by atoms with Crippen molar-refractivity contribution in [1.29, 1.82) is 0 Å². The number of rotatable bonds is 4. The second-order valence-corrected chi connectivity index (χ2v) is 9.32. The van der Waals surface area contributed by atoms with E-state index in [4.69, 9.17) is 10.2 Å². The molecule has 3 aromatic rings. The van der Waals surface area contributed by atoms with Gasteiger partial charge in [0.05, 0.1) is 0 Å². The summed E-state index contributed by atoms with van der Waals surface area (Å²) in [6, 6.07) is 12.6. The first-order chi connectivity index (χ1) is 16.9. The molecule has 8 nitrogen and oxygen atoms in total. The van der Waals surface area contributed by atoms with Gasteiger partial charge >= 0.3 is 0 Å². The van der Waals surface area contributed by atoms with Gasteiger partial charge in [-0.3, -0.25) is 14.4 Å². The summed E-state index contributed by atoms with van der Waals surface area (Å²) < 4.78 is 5.71. The zero-order valence-electron chi connectivity index (χ0n) is 19.9. The maximum atomic E-state index is 13.6. The molecule has 0 fully saturated rings. The Labute approximate surface area is 203 Å². The van der Waals surface area contributed by atoms with Crippen LogP contribution in [0.5, 0.6) is 0 Å². The molecule has 0 saturated carbocycles. The number of anilines is 1. The Morgan fingerprint density at radius 1 is 1.14 bits per heavy atom. The van der Waals surface area contributed by atoms with Gasteiger partial charge < -0.3 is 24.9 Å². The summed E-state index contributed by atoms with van der Waals surface area (Å²) in [6.45, 7) is 1.42. The molecule has 2 aliphatic heterocycles. The van der Waals surface area contributed by atoms with E-state index in [0.717, 1.165) is 40.5 Å². The van der Waals surface area contributed by atoms with Crippen molar-refractivity contribution >= 4 is 40.5 Å². The van der Waals surface area contributed by atoms with Gasteiger partial charge in [-0.2, -0.15) is 0 Å². The maximum absolute atomic E-state index is 13.6. The lowest BCUT2D eigenvalue weighted by molar-refractivity contribution is -0.141. The third kappa shape index (κ3) is 4.16. The van der Waals surface area contributed by atoms with Crippen molar-refractivity contribution in [2.75, 3.05) is 32.9 Å². The predicted octanol–water partition coefficient (Wildman–Crippen LogP) is 2.92. The molecule has 0 spiro atoms. The van der Waals surface area contributed by atoms with Crippen LogP contribution in [0.25, 0.3) is 16.5 Å². The van der Waals surface area contributed by atoms with E-state index in [1.165, 1.54) is 4.90 Å². The van der Waals surface area contributed by atoms with Crippen LogP contribution in [0.1, 0.15) is 33.7 Å². The molecule has 2 aromatic carbocycles. The first-order valence-electron chi connectivity index (χ1n) is 11.7. The second-order valence-electron chi connectivity index (χ2n) is 9.32. The van der Waals surface area contributed by atoms with Gasteiger partial charge in [0, 0.05) is 51.2 Å². The van der Waals surface area contributed by atoms with Crippen LogP contribution in [0, 0.1) is 0 Å². The molecule has 35 heavy (non-hydrogen) atoms. The van der Waals surface area contributed by atoms with Crippen LogP contribution in [0.2, 0.25) is 0 Å². The molecule has 5 rings (SSSR count). The minimum atomic E-state index is -0.569. The Hall–Kier alpha value is -4.07. The van der Waals surface area contributed by atoms with E-state index in [9.17, 15) is 14.4 Å². The number of hydrogen-bond acceptors (Lipinski definition) is 5. The topological polar surface area (TPSA) is 100 Å². The lowest BCUT2D eigenvalue weighted by atomic mass is 9.91. The first kappa shape index (κ1) is 22.7. The Balaban J connectivity index is 1.37. The molecule has 1 unspecified atom stereocenters. The van der Waals surface area contributed by atoms with Crippen molar-refractivity contribution in [2.24, 2.45) is 0 Å². The van der Waals surface area contributed by atoms with Crippen LogP contribution in [0.3, 0.4) is 0 Å². The molecule has 3 amide bonds. The molecule has 2 aliphatic rings. The summed E-state index contributed by atoms with van der Waals surface area (Å²) >= 11 is 0. The number of nitrogen functional groups attached to an aromatic ring is 1. The van der Waals surface area contributed by atoms with E-state index < -0.39 is 6.04 Å². The molecule has 0 radical (unpaired) electrons. The number of amides is 3. The number of nitrogens with two attached hydrogens (primary N) is 1. The van der Waals surface area contributed by atoms with Gasteiger partial charge in [0.15, 0.2) is 5.76 Å². The van der Waals surface area contributed by atoms with Crippen molar-refractivity contribution in [1.82, 2.24) is 14.7 Å². The van der Waals surface area contributed by atoms with Gasteiger partial charge in [0.25, 0.3) is 5.91 Å². The van der Waals surface area contributed by atoms with Gasteiger partial charge in [-0.15, -0.1) is 0 Å². The maximum Gasteiger partial charge on any atom is 0.289 e. The zero-order chi connectivity index (χ0) is 24.7. The van der Waals surface area contributed by atoms with Crippen LogP contribution in [0.4, 0.5) is 5.69 Å². The lowest BCUT2D eigenvalue weighted by Crippen LogP contribution is -2.52. The van der Waals surface area contributed by atoms with Gasteiger partial charge in [0.1, 0.15) is 11.6 Å². The van der Waals surface area contributed by atoms with Crippen LogP contribution < -0.4 is 5.73 Å². The number of carbonyl (C=O) groups is 3. The number of hydrogen-bond donors (Lipinski definition) is 1. The minimum absolute atomic E-state index is 0.0696. The standard InChI is InChI=1S/C27H28N4O4/c1-29(2)27(34)25-12-20-11-17(8-9-24(20)35-25)18-6-4-10-30(14-18)26(33)23-13-21-19(15-31(23)16-32)5-3-7-22(21)28/h3,5-9,11-12,16,23H,4,10,13-15,28H2,1-2H3. The molecular weight excluding hydrogens is 444 g/mol. The Morgan fingerprint density at radius 2 is 1.97 bits per heavy atom. The molecule has 180 valence electrons. The summed E-state index contributed by atoms with van der Waals surface area (Å²) in [6.07, 6.45) is 4.04. The van der Waals surface area contributed by atoms with Gasteiger partial charge in [-0.1, -0.05) is 24.3 Å². The Morgan fingerprint density at radius 3 is 2.74 bits per heavy atom. The van der Waals surface area contributed by atoms with Crippen LogP contribution in [-0.4, -0.2) is 66.2 Å². The summed E-state index contributed by atoms with van der Waals surface area (Å²) in [4.78, 5) is 42.5. The average molecular weight is 473 g/mol. The summed E-state index contributed by atoms with van der Waals surface area (Å²) in [5.74, 6) is 0.0353. The third-order valence-electron chi connectivity index (χ3n) is 6.85. The molecule has 2 N–H and O–H groups in total. The number of benzene rings is 2. The van der Waals surface area contributed by atoms with Crippen LogP contribution >= 0.6 is 0 Å².